The van der Waals surface area contributed by atoms with E-state index in [1.807, 2.05) is 36.4 Å². The molecule has 0 spiro atoms. The van der Waals surface area contributed by atoms with Crippen LogP contribution in [0.25, 0.3) is 5.57 Å². The summed E-state index contributed by atoms with van der Waals surface area (Å²) < 4.78 is 0. The van der Waals surface area contributed by atoms with Crippen molar-refractivity contribution in [2.45, 2.75) is 13.3 Å². The van der Waals surface area contributed by atoms with Gasteiger partial charge in [0, 0.05) is 0 Å². The highest BCUT2D eigenvalue weighted by atomic mass is 14.3. The van der Waals surface area contributed by atoms with Crippen LogP contribution in [0.2, 0.25) is 0 Å². The van der Waals surface area contributed by atoms with Gasteiger partial charge < -0.3 is 0 Å². The maximum absolute atomic E-state index is 8.87. The molecule has 0 bridgehead atoms. The van der Waals surface area contributed by atoms with Gasteiger partial charge >= 0.3 is 0 Å². The minimum absolute atomic E-state index is 0.239. The fraction of sp³-hybridized carbons (Fsp3) is 0.200. The maximum atomic E-state index is 8.87. The van der Waals surface area contributed by atoms with Crippen LogP contribution in [0.1, 0.15) is 18.9 Å². The Hall–Kier alpha value is -2.32. The van der Waals surface area contributed by atoms with Crippen LogP contribution >= 0.6 is 0 Å². The quantitative estimate of drug-likeness (QED) is 0.680. The maximum Gasteiger partial charge on any atom is 0.132 e. The summed E-state index contributed by atoms with van der Waals surface area (Å²) in [7, 11) is 0. The predicted octanol–water partition coefficient (Wildman–Crippen LogP) is 3.45. The Bertz CT molecular complexity index is 549. The summed E-state index contributed by atoms with van der Waals surface area (Å²) in [5, 5.41) is 17.7. The summed E-state index contributed by atoms with van der Waals surface area (Å²) in [5.74, 6) is 0.365. The van der Waals surface area contributed by atoms with E-state index < -0.39 is 0 Å². The fourth-order valence-corrected chi connectivity index (χ4v) is 2.17. The molecule has 1 aromatic carbocycles. The van der Waals surface area contributed by atoms with E-state index in [9.17, 15) is 0 Å². The lowest BCUT2D eigenvalue weighted by atomic mass is 9.96. The standard InChI is InChI=1S/C15H12N2/c1-11-7-13(14(9-16)10-17)8-15(11)12-5-3-2-4-6-12/h2-6,8,11H,7H2,1H3. The largest absolute Gasteiger partial charge is 0.192 e. The molecule has 0 N–H and O–H groups in total. The van der Waals surface area contributed by atoms with Crippen molar-refractivity contribution in [3.8, 4) is 12.1 Å². The van der Waals surface area contributed by atoms with Gasteiger partial charge in [0.15, 0.2) is 0 Å². The number of allylic oxidation sites excluding steroid dienone is 4. The van der Waals surface area contributed by atoms with Gasteiger partial charge in [-0.3, -0.25) is 0 Å². The minimum Gasteiger partial charge on any atom is -0.192 e. The Morgan fingerprint density at radius 1 is 1.18 bits per heavy atom. The van der Waals surface area contributed by atoms with Gasteiger partial charge in [-0.25, -0.2) is 0 Å². The number of hydrogen-bond acceptors (Lipinski definition) is 2. The topological polar surface area (TPSA) is 47.6 Å². The average Bonchev–Trinajstić information content (AvgIpc) is 2.74. The second-order valence-corrected chi connectivity index (χ2v) is 4.19. The Morgan fingerprint density at radius 3 is 2.41 bits per heavy atom. The Morgan fingerprint density at radius 2 is 1.82 bits per heavy atom. The molecule has 0 aromatic heterocycles. The third kappa shape index (κ3) is 2.12. The lowest BCUT2D eigenvalue weighted by Gasteiger charge is -2.08. The summed E-state index contributed by atoms with van der Waals surface area (Å²) in [4.78, 5) is 0. The van der Waals surface area contributed by atoms with Gasteiger partial charge in [0.25, 0.3) is 0 Å². The number of hydrogen-bond donors (Lipinski definition) is 0. The molecule has 82 valence electrons. The summed E-state index contributed by atoms with van der Waals surface area (Å²) in [6.07, 6.45) is 2.77. The van der Waals surface area contributed by atoms with Gasteiger partial charge in [-0.15, -0.1) is 0 Å². The van der Waals surface area contributed by atoms with Crippen molar-refractivity contribution in [3.05, 3.63) is 53.1 Å². The molecule has 0 saturated heterocycles. The van der Waals surface area contributed by atoms with Gasteiger partial charge in [0.05, 0.1) is 0 Å². The molecule has 0 saturated carbocycles. The Labute approximate surface area is 101 Å². The number of nitrogens with zero attached hydrogens (tertiary/aromatic N) is 2. The highest BCUT2D eigenvalue weighted by molar-refractivity contribution is 5.74. The second-order valence-electron chi connectivity index (χ2n) is 4.19. The van der Waals surface area contributed by atoms with E-state index in [4.69, 9.17) is 10.5 Å². The van der Waals surface area contributed by atoms with Crippen LogP contribution in [-0.2, 0) is 0 Å². The van der Waals surface area contributed by atoms with Crippen LogP contribution in [0.15, 0.2) is 47.6 Å². The summed E-state index contributed by atoms with van der Waals surface area (Å²) in [6, 6.07) is 14.0. The molecular formula is C15H12N2. The van der Waals surface area contributed by atoms with Crippen molar-refractivity contribution >= 4 is 5.57 Å². The summed E-state index contributed by atoms with van der Waals surface area (Å²) in [6.45, 7) is 2.12. The van der Waals surface area contributed by atoms with Crippen molar-refractivity contribution in [2.75, 3.05) is 0 Å². The fourth-order valence-electron chi connectivity index (χ4n) is 2.17. The van der Waals surface area contributed by atoms with Crippen molar-refractivity contribution in [1.29, 1.82) is 10.5 Å². The van der Waals surface area contributed by atoms with Gasteiger partial charge in [0.2, 0.25) is 0 Å². The Balaban J connectivity index is 2.45. The number of benzene rings is 1. The summed E-state index contributed by atoms with van der Waals surface area (Å²) >= 11 is 0. The molecule has 2 heteroatoms. The molecule has 1 unspecified atom stereocenters. The summed E-state index contributed by atoms with van der Waals surface area (Å²) in [5.41, 5.74) is 3.48. The zero-order chi connectivity index (χ0) is 12.3. The molecule has 2 nitrogen and oxygen atoms in total. The van der Waals surface area contributed by atoms with Crippen LogP contribution in [0.3, 0.4) is 0 Å². The molecule has 1 atom stereocenters. The SMILES string of the molecule is CC1CC(=C(C#N)C#N)C=C1c1ccccc1. The molecule has 0 radical (unpaired) electrons. The average molecular weight is 220 g/mol. The molecular weight excluding hydrogens is 208 g/mol. The number of nitriles is 2. The van der Waals surface area contributed by atoms with E-state index in [-0.39, 0.29) is 5.57 Å². The third-order valence-electron chi connectivity index (χ3n) is 3.04. The lowest BCUT2D eigenvalue weighted by Crippen LogP contribution is -1.92. The molecule has 0 amide bonds. The van der Waals surface area contributed by atoms with Crippen LogP contribution < -0.4 is 0 Å². The smallest absolute Gasteiger partial charge is 0.132 e. The highest BCUT2D eigenvalue weighted by Gasteiger charge is 2.21. The first-order chi connectivity index (χ1) is 8.26. The van der Waals surface area contributed by atoms with E-state index in [1.165, 1.54) is 11.1 Å². The van der Waals surface area contributed by atoms with Gasteiger partial charge in [-0.1, -0.05) is 43.3 Å². The molecule has 0 fully saturated rings. The van der Waals surface area contributed by atoms with Gasteiger partial charge in [0.1, 0.15) is 17.7 Å². The molecule has 2 rings (SSSR count). The highest BCUT2D eigenvalue weighted by Crippen LogP contribution is 2.37. The molecule has 1 aromatic rings. The number of rotatable bonds is 1. The normalized spacial score (nSPS) is 18.2. The minimum atomic E-state index is 0.239. The first kappa shape index (κ1) is 11.2. The van der Waals surface area contributed by atoms with E-state index >= 15 is 0 Å². The van der Waals surface area contributed by atoms with E-state index in [2.05, 4.69) is 19.1 Å². The predicted molar refractivity (Wildman–Crippen MR) is 66.5 cm³/mol. The van der Waals surface area contributed by atoms with Crippen LogP contribution in [-0.4, -0.2) is 0 Å². The van der Waals surface area contributed by atoms with E-state index in [0.717, 1.165) is 12.0 Å². The zero-order valence-electron chi connectivity index (χ0n) is 9.64. The van der Waals surface area contributed by atoms with E-state index in [1.54, 1.807) is 0 Å². The third-order valence-corrected chi connectivity index (χ3v) is 3.04. The van der Waals surface area contributed by atoms with Gasteiger partial charge in [-0.05, 0) is 29.0 Å². The molecule has 0 aliphatic heterocycles. The Kier molecular flexibility index (Phi) is 3.08. The monoisotopic (exact) mass is 220 g/mol. The van der Waals surface area contributed by atoms with Crippen molar-refractivity contribution in [3.63, 3.8) is 0 Å². The van der Waals surface area contributed by atoms with Gasteiger partial charge in [-0.2, -0.15) is 10.5 Å². The van der Waals surface area contributed by atoms with Crippen LogP contribution in [0.5, 0.6) is 0 Å². The van der Waals surface area contributed by atoms with Crippen molar-refractivity contribution in [2.24, 2.45) is 5.92 Å². The zero-order valence-corrected chi connectivity index (χ0v) is 9.64. The van der Waals surface area contributed by atoms with Crippen molar-refractivity contribution in [1.82, 2.24) is 0 Å². The van der Waals surface area contributed by atoms with E-state index in [0.29, 0.717) is 5.92 Å². The lowest BCUT2D eigenvalue weighted by molar-refractivity contribution is 0.774. The first-order valence-electron chi connectivity index (χ1n) is 5.56. The van der Waals surface area contributed by atoms with Crippen LogP contribution in [0.4, 0.5) is 0 Å². The van der Waals surface area contributed by atoms with Crippen LogP contribution in [0, 0.1) is 28.6 Å². The molecule has 0 heterocycles. The molecule has 1 aliphatic carbocycles. The van der Waals surface area contributed by atoms with Crippen molar-refractivity contribution < 1.29 is 0 Å². The molecule has 1 aliphatic rings. The second kappa shape index (κ2) is 4.68. The molecule has 17 heavy (non-hydrogen) atoms. The first-order valence-corrected chi connectivity index (χ1v) is 5.56.